The molecule has 0 amide bonds. The monoisotopic (exact) mass is 377 g/mol. The van der Waals surface area contributed by atoms with Gasteiger partial charge in [0, 0.05) is 17.1 Å². The number of hydrogen-bond donors (Lipinski definition) is 0. The number of ketones is 1. The van der Waals surface area contributed by atoms with Gasteiger partial charge in [-0.15, -0.1) is 10.2 Å². The van der Waals surface area contributed by atoms with Crippen LogP contribution in [0.2, 0.25) is 0 Å². The molecule has 0 aliphatic heterocycles. The maximum absolute atomic E-state index is 12.2. The lowest BCUT2D eigenvalue weighted by atomic mass is 10.2. The molecular formula is C15H12BrN3O2S. The molecule has 5 nitrogen and oxygen atoms in total. The number of aromatic nitrogens is 3. The van der Waals surface area contributed by atoms with Crippen LogP contribution in [0.25, 0.3) is 11.6 Å². The predicted molar refractivity (Wildman–Crippen MR) is 87.9 cm³/mol. The van der Waals surface area contributed by atoms with E-state index in [9.17, 15) is 4.79 Å². The molecule has 22 heavy (non-hydrogen) atoms. The SMILES string of the molecule is Cn1c(SCC(=O)c2ccc(Br)cc2)nnc1-c1ccco1. The minimum atomic E-state index is 0.0556. The number of carbonyl (C=O) groups is 1. The second-order valence-corrected chi connectivity index (χ2v) is 6.42. The summed E-state index contributed by atoms with van der Waals surface area (Å²) in [6.45, 7) is 0. The Bertz CT molecular complexity index is 782. The molecule has 0 N–H and O–H groups in total. The molecule has 0 aliphatic rings. The number of hydrogen-bond acceptors (Lipinski definition) is 5. The normalized spacial score (nSPS) is 10.8. The van der Waals surface area contributed by atoms with Crippen molar-refractivity contribution in [2.75, 3.05) is 5.75 Å². The standard InChI is InChI=1S/C15H12BrN3O2S/c1-19-14(13-3-2-8-21-13)17-18-15(19)22-9-12(20)10-4-6-11(16)7-5-10/h2-8H,9H2,1H3. The summed E-state index contributed by atoms with van der Waals surface area (Å²) in [6.07, 6.45) is 1.59. The smallest absolute Gasteiger partial charge is 0.200 e. The molecule has 2 heterocycles. The third-order valence-electron chi connectivity index (χ3n) is 3.08. The van der Waals surface area contributed by atoms with E-state index in [0.717, 1.165) is 4.47 Å². The Balaban J connectivity index is 1.69. The summed E-state index contributed by atoms with van der Waals surface area (Å²) in [5.74, 6) is 1.66. The zero-order valence-corrected chi connectivity index (χ0v) is 14.1. The highest BCUT2D eigenvalue weighted by Crippen LogP contribution is 2.23. The van der Waals surface area contributed by atoms with E-state index in [4.69, 9.17) is 4.42 Å². The zero-order valence-electron chi connectivity index (χ0n) is 11.7. The van der Waals surface area contributed by atoms with Gasteiger partial charge in [-0.2, -0.15) is 0 Å². The number of benzene rings is 1. The summed E-state index contributed by atoms with van der Waals surface area (Å²) in [4.78, 5) is 12.2. The maximum Gasteiger partial charge on any atom is 0.200 e. The van der Waals surface area contributed by atoms with Crippen molar-refractivity contribution in [3.8, 4) is 11.6 Å². The Kier molecular flexibility index (Phi) is 4.44. The Hall–Kier alpha value is -1.86. The molecule has 1 aromatic carbocycles. The second kappa shape index (κ2) is 6.50. The highest BCUT2D eigenvalue weighted by Gasteiger charge is 2.15. The quantitative estimate of drug-likeness (QED) is 0.499. The van der Waals surface area contributed by atoms with Crippen LogP contribution < -0.4 is 0 Å². The molecule has 2 aromatic heterocycles. The van der Waals surface area contributed by atoms with E-state index in [2.05, 4.69) is 26.1 Å². The highest BCUT2D eigenvalue weighted by molar-refractivity contribution is 9.10. The first-order valence-electron chi connectivity index (χ1n) is 6.50. The lowest BCUT2D eigenvalue weighted by Crippen LogP contribution is -2.03. The van der Waals surface area contributed by atoms with Crippen LogP contribution in [-0.4, -0.2) is 26.3 Å². The summed E-state index contributed by atoms with van der Waals surface area (Å²) >= 11 is 4.71. The van der Waals surface area contributed by atoms with Crippen molar-refractivity contribution in [3.05, 3.63) is 52.7 Å². The molecule has 0 unspecified atom stereocenters. The molecular weight excluding hydrogens is 366 g/mol. The lowest BCUT2D eigenvalue weighted by Gasteiger charge is -2.02. The van der Waals surface area contributed by atoms with Crippen LogP contribution in [0, 0.1) is 0 Å². The van der Waals surface area contributed by atoms with Gasteiger partial charge in [0.1, 0.15) is 0 Å². The van der Waals surface area contributed by atoms with Gasteiger partial charge in [-0.05, 0) is 24.3 Å². The number of carbonyl (C=O) groups excluding carboxylic acids is 1. The van der Waals surface area contributed by atoms with Gasteiger partial charge >= 0.3 is 0 Å². The van der Waals surface area contributed by atoms with Gasteiger partial charge in [0.2, 0.25) is 0 Å². The Labute approximate surface area is 139 Å². The molecule has 0 aliphatic carbocycles. The summed E-state index contributed by atoms with van der Waals surface area (Å²) in [7, 11) is 1.85. The molecule has 112 valence electrons. The van der Waals surface area contributed by atoms with Crippen LogP contribution in [0.4, 0.5) is 0 Å². The van der Waals surface area contributed by atoms with E-state index in [1.54, 1.807) is 24.5 Å². The molecule has 0 spiro atoms. The number of rotatable bonds is 5. The molecule has 0 radical (unpaired) electrons. The van der Waals surface area contributed by atoms with E-state index >= 15 is 0 Å². The van der Waals surface area contributed by atoms with Gasteiger partial charge in [-0.25, -0.2) is 0 Å². The van der Waals surface area contributed by atoms with Crippen LogP contribution in [0.15, 0.2) is 56.7 Å². The highest BCUT2D eigenvalue weighted by atomic mass is 79.9. The zero-order chi connectivity index (χ0) is 15.5. The summed E-state index contributed by atoms with van der Waals surface area (Å²) in [6, 6.07) is 10.9. The lowest BCUT2D eigenvalue weighted by molar-refractivity contribution is 0.102. The van der Waals surface area contributed by atoms with Crippen molar-refractivity contribution in [3.63, 3.8) is 0 Å². The van der Waals surface area contributed by atoms with Crippen LogP contribution in [-0.2, 0) is 7.05 Å². The second-order valence-electron chi connectivity index (χ2n) is 4.56. The van der Waals surface area contributed by atoms with Gasteiger partial charge in [0.05, 0.1) is 12.0 Å². The number of Topliss-reactive ketones (excluding diaryl/α,β-unsaturated/α-hetero) is 1. The third kappa shape index (κ3) is 3.15. The topological polar surface area (TPSA) is 60.9 Å². The van der Waals surface area contributed by atoms with Crippen LogP contribution in [0.5, 0.6) is 0 Å². The molecule has 0 saturated heterocycles. The van der Waals surface area contributed by atoms with Crippen LogP contribution >= 0.6 is 27.7 Å². The first-order valence-corrected chi connectivity index (χ1v) is 8.28. The molecule has 3 aromatic rings. The first kappa shape index (κ1) is 15.1. The van der Waals surface area contributed by atoms with Gasteiger partial charge in [-0.3, -0.25) is 4.79 Å². The average molecular weight is 378 g/mol. The van der Waals surface area contributed by atoms with Crippen molar-refractivity contribution in [1.29, 1.82) is 0 Å². The number of halogens is 1. The molecule has 0 atom stereocenters. The summed E-state index contributed by atoms with van der Waals surface area (Å²) < 4.78 is 8.09. The van der Waals surface area contributed by atoms with Crippen LogP contribution in [0.3, 0.4) is 0 Å². The van der Waals surface area contributed by atoms with Crippen molar-refractivity contribution in [2.45, 2.75) is 5.16 Å². The molecule has 0 bridgehead atoms. The fraction of sp³-hybridized carbons (Fsp3) is 0.133. The number of furan rings is 1. The fourth-order valence-electron chi connectivity index (χ4n) is 1.91. The summed E-state index contributed by atoms with van der Waals surface area (Å²) in [5, 5.41) is 8.89. The molecule has 0 saturated carbocycles. The van der Waals surface area contributed by atoms with Crippen molar-refractivity contribution >= 4 is 33.5 Å². The predicted octanol–water partition coefficient (Wildman–Crippen LogP) is 3.81. The minimum Gasteiger partial charge on any atom is -0.461 e. The largest absolute Gasteiger partial charge is 0.461 e. The van der Waals surface area contributed by atoms with Crippen molar-refractivity contribution in [1.82, 2.24) is 14.8 Å². The molecule has 7 heteroatoms. The van der Waals surface area contributed by atoms with E-state index in [1.807, 2.05) is 29.8 Å². The van der Waals surface area contributed by atoms with Crippen molar-refractivity contribution < 1.29 is 9.21 Å². The first-order chi connectivity index (χ1) is 10.6. The minimum absolute atomic E-state index is 0.0556. The van der Waals surface area contributed by atoms with E-state index in [1.165, 1.54) is 11.8 Å². The van der Waals surface area contributed by atoms with E-state index in [0.29, 0.717) is 28.1 Å². The fourth-order valence-corrected chi connectivity index (χ4v) is 2.98. The molecule has 3 rings (SSSR count). The third-order valence-corrected chi connectivity index (χ3v) is 4.62. The Morgan fingerprint density at radius 2 is 2.05 bits per heavy atom. The Morgan fingerprint density at radius 1 is 1.27 bits per heavy atom. The van der Waals surface area contributed by atoms with Gasteiger partial charge in [0.25, 0.3) is 0 Å². The maximum atomic E-state index is 12.2. The van der Waals surface area contributed by atoms with E-state index in [-0.39, 0.29) is 5.78 Å². The Morgan fingerprint density at radius 3 is 2.73 bits per heavy atom. The van der Waals surface area contributed by atoms with Crippen molar-refractivity contribution in [2.24, 2.45) is 7.05 Å². The summed E-state index contributed by atoms with van der Waals surface area (Å²) in [5.41, 5.74) is 0.684. The molecule has 0 fully saturated rings. The van der Waals surface area contributed by atoms with Gasteiger partial charge < -0.3 is 8.98 Å². The number of thioether (sulfide) groups is 1. The van der Waals surface area contributed by atoms with Crippen LogP contribution in [0.1, 0.15) is 10.4 Å². The average Bonchev–Trinajstić information content (AvgIpc) is 3.15. The van der Waals surface area contributed by atoms with Gasteiger partial charge in [0.15, 0.2) is 22.5 Å². The van der Waals surface area contributed by atoms with E-state index < -0.39 is 0 Å². The van der Waals surface area contributed by atoms with Gasteiger partial charge in [-0.1, -0.05) is 39.8 Å². The number of nitrogens with zero attached hydrogens (tertiary/aromatic N) is 3.